The Morgan fingerprint density at radius 2 is 1.96 bits per heavy atom. The number of guanidine groups is 1. The fraction of sp³-hybridized carbons (Fsp3) is 0.467. The molecule has 2 rings (SSSR count). The average Bonchev–Trinajstić information content (AvgIpc) is 3.20. The number of hydrogen-bond donors (Lipinski definition) is 3. The highest BCUT2D eigenvalue weighted by Crippen LogP contribution is 2.20. The molecule has 0 radical (unpaired) electrons. The number of aryl methyl sites for hydroxylation is 2. The summed E-state index contributed by atoms with van der Waals surface area (Å²) in [5, 5.41) is 15.6. The van der Waals surface area contributed by atoms with Gasteiger partial charge in [-0.15, -0.1) is 35.3 Å². The molecule has 0 spiro atoms. The summed E-state index contributed by atoms with van der Waals surface area (Å²) in [6.45, 7) is 5.07. The van der Waals surface area contributed by atoms with E-state index >= 15 is 0 Å². The Kier molecular flexibility index (Phi) is 9.00. The van der Waals surface area contributed by atoms with Crippen LogP contribution in [0, 0.1) is 0 Å². The number of hydrogen-bond acceptors (Lipinski definition) is 6. The quantitative estimate of drug-likeness (QED) is 0.296. The van der Waals surface area contributed by atoms with Crippen molar-refractivity contribution in [3.8, 4) is 0 Å². The SMILES string of the molecule is CCc1noc(CC)c1CNC(=NC)NCc1ccc(S(N)(=O)=O)s1.I. The Morgan fingerprint density at radius 1 is 1.27 bits per heavy atom. The van der Waals surface area contributed by atoms with Gasteiger partial charge < -0.3 is 15.2 Å². The van der Waals surface area contributed by atoms with Gasteiger partial charge in [-0.3, -0.25) is 4.99 Å². The lowest BCUT2D eigenvalue weighted by atomic mass is 10.1. The summed E-state index contributed by atoms with van der Waals surface area (Å²) in [4.78, 5) is 5.02. The molecule has 0 aromatic carbocycles. The highest BCUT2D eigenvalue weighted by atomic mass is 127. The van der Waals surface area contributed by atoms with Crippen LogP contribution in [-0.4, -0.2) is 26.6 Å². The van der Waals surface area contributed by atoms with E-state index in [4.69, 9.17) is 9.66 Å². The summed E-state index contributed by atoms with van der Waals surface area (Å²) in [6, 6.07) is 3.24. The van der Waals surface area contributed by atoms with Gasteiger partial charge in [-0.1, -0.05) is 19.0 Å². The van der Waals surface area contributed by atoms with Gasteiger partial charge in [0, 0.05) is 30.5 Å². The predicted molar refractivity (Wildman–Crippen MR) is 113 cm³/mol. The summed E-state index contributed by atoms with van der Waals surface area (Å²) in [5.41, 5.74) is 2.00. The third kappa shape index (κ3) is 5.93. The van der Waals surface area contributed by atoms with Gasteiger partial charge >= 0.3 is 0 Å². The second-order valence-corrected chi connectivity index (χ2v) is 8.24. The number of thiophene rings is 1. The second-order valence-electron chi connectivity index (χ2n) is 5.28. The third-order valence-corrected chi connectivity index (χ3v) is 6.13. The van der Waals surface area contributed by atoms with Crippen molar-refractivity contribution in [1.82, 2.24) is 15.8 Å². The number of aliphatic imine (C=N–C) groups is 1. The van der Waals surface area contributed by atoms with E-state index in [9.17, 15) is 8.42 Å². The molecule has 0 aliphatic heterocycles. The van der Waals surface area contributed by atoms with Crippen LogP contribution in [0.4, 0.5) is 0 Å². The zero-order valence-electron chi connectivity index (χ0n) is 14.9. The standard InChI is InChI=1S/C15H23N5O3S2.HI/c1-4-12-11(13(5-2)23-20-12)9-19-15(17-3)18-8-10-6-7-14(24-10)25(16,21)22;/h6-7H,4-5,8-9H2,1-3H3,(H2,16,21,22)(H2,17,18,19);1H. The van der Waals surface area contributed by atoms with Crippen LogP contribution >= 0.6 is 35.3 Å². The zero-order valence-corrected chi connectivity index (χ0v) is 18.9. The molecule has 0 saturated carbocycles. The molecule has 2 aromatic heterocycles. The molecule has 0 amide bonds. The molecular weight excluding hydrogens is 489 g/mol. The minimum atomic E-state index is -3.65. The minimum absolute atomic E-state index is 0. The molecule has 0 aliphatic carbocycles. The van der Waals surface area contributed by atoms with E-state index < -0.39 is 10.0 Å². The Hall–Kier alpha value is -1.18. The minimum Gasteiger partial charge on any atom is -0.361 e. The summed E-state index contributed by atoms with van der Waals surface area (Å²) in [7, 11) is -1.98. The Labute approximate surface area is 174 Å². The molecule has 0 atom stereocenters. The molecule has 2 aromatic rings. The largest absolute Gasteiger partial charge is 0.361 e. The molecule has 26 heavy (non-hydrogen) atoms. The van der Waals surface area contributed by atoms with E-state index in [0.717, 1.165) is 46.1 Å². The molecule has 11 heteroatoms. The van der Waals surface area contributed by atoms with Gasteiger partial charge in [0.2, 0.25) is 10.0 Å². The van der Waals surface area contributed by atoms with Gasteiger partial charge in [0.25, 0.3) is 0 Å². The van der Waals surface area contributed by atoms with Crippen molar-refractivity contribution >= 4 is 51.3 Å². The van der Waals surface area contributed by atoms with Gasteiger partial charge in [-0.05, 0) is 18.6 Å². The smallest absolute Gasteiger partial charge is 0.247 e. The third-order valence-electron chi connectivity index (χ3n) is 3.61. The van der Waals surface area contributed by atoms with E-state index in [0.29, 0.717) is 19.0 Å². The van der Waals surface area contributed by atoms with E-state index in [2.05, 4.69) is 20.8 Å². The Morgan fingerprint density at radius 3 is 2.50 bits per heavy atom. The van der Waals surface area contributed by atoms with Crippen LogP contribution in [0.3, 0.4) is 0 Å². The van der Waals surface area contributed by atoms with Crippen molar-refractivity contribution in [1.29, 1.82) is 0 Å². The highest BCUT2D eigenvalue weighted by Gasteiger charge is 2.14. The van der Waals surface area contributed by atoms with Crippen LogP contribution in [-0.2, 0) is 36.0 Å². The average molecular weight is 513 g/mol. The molecule has 0 unspecified atom stereocenters. The van der Waals surface area contributed by atoms with Crippen molar-refractivity contribution in [2.75, 3.05) is 7.05 Å². The van der Waals surface area contributed by atoms with Gasteiger partial charge in [0.15, 0.2) is 5.96 Å². The predicted octanol–water partition coefficient (Wildman–Crippen LogP) is 1.99. The fourth-order valence-corrected chi connectivity index (χ4v) is 4.03. The zero-order chi connectivity index (χ0) is 18.4. The molecule has 0 saturated heterocycles. The topological polar surface area (TPSA) is 123 Å². The normalized spacial score (nSPS) is 11.9. The molecule has 8 nitrogen and oxygen atoms in total. The molecule has 0 aliphatic rings. The van der Waals surface area contributed by atoms with Crippen LogP contribution in [0.15, 0.2) is 25.9 Å². The second kappa shape index (κ2) is 10.2. The van der Waals surface area contributed by atoms with Gasteiger partial charge in [-0.2, -0.15) is 0 Å². The maximum absolute atomic E-state index is 11.3. The van der Waals surface area contributed by atoms with Gasteiger partial charge in [0.1, 0.15) is 9.97 Å². The highest BCUT2D eigenvalue weighted by molar-refractivity contribution is 14.0. The van der Waals surface area contributed by atoms with Crippen LogP contribution < -0.4 is 15.8 Å². The Bertz CT molecular complexity index is 824. The number of aromatic nitrogens is 1. The maximum atomic E-state index is 11.3. The summed E-state index contributed by atoms with van der Waals surface area (Å²) >= 11 is 1.14. The monoisotopic (exact) mass is 513 g/mol. The first kappa shape index (κ1) is 22.9. The van der Waals surface area contributed by atoms with Crippen molar-refractivity contribution in [2.45, 2.75) is 44.0 Å². The van der Waals surface area contributed by atoms with Crippen LogP contribution in [0.1, 0.15) is 35.7 Å². The van der Waals surface area contributed by atoms with E-state index in [1.165, 1.54) is 6.07 Å². The van der Waals surface area contributed by atoms with Gasteiger partial charge in [-0.25, -0.2) is 13.6 Å². The number of rotatable bonds is 7. The fourth-order valence-electron chi connectivity index (χ4n) is 2.31. The summed E-state index contributed by atoms with van der Waals surface area (Å²) in [6.07, 6.45) is 1.58. The molecule has 2 heterocycles. The maximum Gasteiger partial charge on any atom is 0.247 e. The van der Waals surface area contributed by atoms with Crippen LogP contribution in [0.2, 0.25) is 0 Å². The first-order chi connectivity index (χ1) is 11.9. The van der Waals surface area contributed by atoms with Crippen molar-refractivity contribution in [3.63, 3.8) is 0 Å². The van der Waals surface area contributed by atoms with E-state index in [1.807, 2.05) is 13.8 Å². The molecule has 4 N–H and O–H groups in total. The van der Waals surface area contributed by atoms with Crippen molar-refractivity contribution in [2.24, 2.45) is 10.1 Å². The number of sulfonamides is 1. The van der Waals surface area contributed by atoms with Crippen molar-refractivity contribution < 1.29 is 12.9 Å². The lowest BCUT2D eigenvalue weighted by molar-refractivity contribution is 0.380. The van der Waals surface area contributed by atoms with E-state index in [1.54, 1.807) is 13.1 Å². The number of nitrogens with zero attached hydrogens (tertiary/aromatic N) is 2. The van der Waals surface area contributed by atoms with Crippen LogP contribution in [0.25, 0.3) is 0 Å². The molecule has 0 bridgehead atoms. The summed E-state index contributed by atoms with van der Waals surface area (Å²) < 4.78 is 28.1. The lowest BCUT2D eigenvalue weighted by Crippen LogP contribution is -2.36. The molecular formula is C15H24IN5O3S2. The lowest BCUT2D eigenvalue weighted by Gasteiger charge is -2.11. The number of halogens is 1. The molecule has 146 valence electrons. The van der Waals surface area contributed by atoms with Crippen molar-refractivity contribution in [3.05, 3.63) is 34.0 Å². The molecule has 0 fully saturated rings. The van der Waals surface area contributed by atoms with Crippen LogP contribution in [0.5, 0.6) is 0 Å². The number of nitrogens with two attached hydrogens (primary N) is 1. The number of primary sulfonamides is 1. The Balaban J connectivity index is 0.00000338. The first-order valence-electron chi connectivity index (χ1n) is 7.91. The van der Waals surface area contributed by atoms with Gasteiger partial charge in [0.05, 0.1) is 12.2 Å². The summed E-state index contributed by atoms with van der Waals surface area (Å²) in [5.74, 6) is 1.48. The van der Waals surface area contributed by atoms with E-state index in [-0.39, 0.29) is 28.2 Å². The first-order valence-corrected chi connectivity index (χ1v) is 10.3. The number of nitrogens with one attached hydrogen (secondary N) is 2.